The Bertz CT molecular complexity index is 1230. The van der Waals surface area contributed by atoms with Crippen LogP contribution in [0.15, 0.2) is 47.6 Å². The van der Waals surface area contributed by atoms with Crippen LogP contribution >= 0.6 is 23.5 Å². The SMILES string of the molecule is O=C(NCC#CC1=C/C=C\C=C([C@H]2CC(O)[C@@H](COP(=O)(O)OP(=O)(O)OP(=O)(O)O)O2)/C=C\1)C(F)(F)F. The summed E-state index contributed by atoms with van der Waals surface area (Å²) in [5, 5.41) is 11.8. The van der Waals surface area contributed by atoms with Crippen molar-refractivity contribution in [2.45, 2.75) is 30.9 Å². The summed E-state index contributed by atoms with van der Waals surface area (Å²) in [4.78, 5) is 46.5. The summed E-state index contributed by atoms with van der Waals surface area (Å²) >= 11 is 0. The van der Waals surface area contributed by atoms with Crippen molar-refractivity contribution >= 4 is 29.4 Å². The monoisotopic (exact) mass is 609 g/mol. The van der Waals surface area contributed by atoms with Crippen molar-refractivity contribution in [1.82, 2.24) is 5.32 Å². The average Bonchev–Trinajstić information content (AvgIpc) is 3.08. The topological polar surface area (TPSA) is 218 Å². The minimum Gasteiger partial charge on any atom is -0.390 e. The molecule has 0 aromatic heterocycles. The van der Waals surface area contributed by atoms with E-state index in [4.69, 9.17) is 19.4 Å². The van der Waals surface area contributed by atoms with Gasteiger partial charge in [0.1, 0.15) is 6.10 Å². The van der Waals surface area contributed by atoms with Gasteiger partial charge in [-0.2, -0.15) is 21.8 Å². The Balaban J connectivity index is 1.95. The Morgan fingerprint density at radius 1 is 1.08 bits per heavy atom. The number of carbonyl (C=O) groups is 1. The Kier molecular flexibility index (Phi) is 11.0. The summed E-state index contributed by atoms with van der Waals surface area (Å²) in [7, 11) is -16.7. The molecule has 0 spiro atoms. The third-order valence-corrected chi connectivity index (χ3v) is 8.17. The fourth-order valence-corrected chi connectivity index (χ4v) is 5.89. The Morgan fingerprint density at radius 3 is 2.37 bits per heavy atom. The highest BCUT2D eigenvalue weighted by atomic mass is 31.3. The second-order valence-electron chi connectivity index (χ2n) is 7.34. The number of nitrogens with one attached hydrogen (secondary N) is 1. The fraction of sp³-hybridized carbons (Fsp3) is 0.389. The van der Waals surface area contributed by atoms with E-state index in [0.29, 0.717) is 11.1 Å². The summed E-state index contributed by atoms with van der Waals surface area (Å²) in [6, 6.07) is 0. The van der Waals surface area contributed by atoms with E-state index in [2.05, 4.69) is 25.0 Å². The van der Waals surface area contributed by atoms with E-state index in [1.807, 2.05) is 0 Å². The molecular weight excluding hydrogens is 588 g/mol. The van der Waals surface area contributed by atoms with E-state index in [0.717, 1.165) is 0 Å². The summed E-state index contributed by atoms with van der Waals surface area (Å²) in [5.41, 5.74) is 0.842. The van der Waals surface area contributed by atoms with Crippen molar-refractivity contribution in [3.8, 4) is 11.8 Å². The largest absolute Gasteiger partial charge is 0.490 e. The lowest BCUT2D eigenvalue weighted by molar-refractivity contribution is -0.173. The molecule has 0 aromatic carbocycles. The van der Waals surface area contributed by atoms with E-state index in [1.54, 1.807) is 23.5 Å². The zero-order valence-corrected chi connectivity index (χ0v) is 21.5. The third-order valence-electron chi connectivity index (χ3n) is 4.37. The number of amides is 1. The summed E-state index contributed by atoms with van der Waals surface area (Å²) < 4.78 is 87.7. The van der Waals surface area contributed by atoms with Crippen molar-refractivity contribution < 1.29 is 74.2 Å². The number of halogens is 3. The summed E-state index contributed by atoms with van der Waals surface area (Å²) in [5.74, 6) is 2.82. The molecule has 1 saturated heterocycles. The molecule has 20 heteroatoms. The second-order valence-corrected chi connectivity index (χ2v) is 11.8. The molecule has 2 aliphatic rings. The van der Waals surface area contributed by atoms with Crippen molar-refractivity contribution in [2.75, 3.05) is 13.2 Å². The van der Waals surface area contributed by atoms with Gasteiger partial charge in [-0.15, -0.1) is 0 Å². The summed E-state index contributed by atoms with van der Waals surface area (Å²) in [6.07, 6.45) is 0.969. The number of hydrogen-bond donors (Lipinski definition) is 6. The molecule has 1 amide bonds. The third kappa shape index (κ3) is 11.5. The minimum absolute atomic E-state index is 0.0252. The lowest BCUT2D eigenvalue weighted by Gasteiger charge is -2.19. The molecule has 6 N–H and O–H groups in total. The molecule has 0 aromatic rings. The number of aliphatic hydroxyl groups excluding tert-OH is 1. The maximum Gasteiger partial charge on any atom is 0.490 e. The van der Waals surface area contributed by atoms with Crippen LogP contribution in [-0.4, -0.2) is 68.2 Å². The molecule has 1 aliphatic carbocycles. The quantitative estimate of drug-likeness (QED) is 0.162. The number of carbonyl (C=O) groups excluding carboxylic acids is 1. The van der Waals surface area contributed by atoms with Gasteiger partial charge in [-0.25, -0.2) is 13.7 Å². The lowest BCUT2D eigenvalue weighted by Crippen LogP contribution is -2.36. The van der Waals surface area contributed by atoms with E-state index in [-0.39, 0.29) is 6.42 Å². The molecular formula is C18H21F3NO13P3. The predicted octanol–water partition coefficient (Wildman–Crippen LogP) is 1.51. The first-order valence-corrected chi connectivity index (χ1v) is 14.6. The van der Waals surface area contributed by atoms with Crippen LogP contribution in [0.25, 0.3) is 0 Å². The molecule has 1 aliphatic heterocycles. The molecule has 2 rings (SSSR count). The van der Waals surface area contributed by atoms with Crippen LogP contribution in [0.2, 0.25) is 0 Å². The van der Waals surface area contributed by atoms with Gasteiger partial charge in [0.15, 0.2) is 0 Å². The van der Waals surface area contributed by atoms with Gasteiger partial charge < -0.3 is 34.7 Å². The number of hydrogen-bond acceptors (Lipinski definition) is 9. The van der Waals surface area contributed by atoms with Crippen molar-refractivity contribution in [3.63, 3.8) is 0 Å². The highest BCUT2D eigenvalue weighted by molar-refractivity contribution is 7.66. The number of phosphoric acid groups is 3. The zero-order chi connectivity index (χ0) is 28.8. The number of ether oxygens (including phenoxy) is 1. The minimum atomic E-state index is -5.70. The van der Waals surface area contributed by atoms with E-state index in [1.165, 1.54) is 18.2 Å². The van der Waals surface area contributed by atoms with Crippen molar-refractivity contribution in [2.24, 2.45) is 0 Å². The van der Waals surface area contributed by atoms with Crippen LogP contribution in [0, 0.1) is 11.8 Å². The Hall–Kier alpha value is -1.89. The van der Waals surface area contributed by atoms with Gasteiger partial charge >= 0.3 is 35.6 Å². The first-order chi connectivity index (χ1) is 17.4. The molecule has 38 heavy (non-hydrogen) atoms. The number of allylic oxidation sites excluding steroid dienone is 6. The Labute approximate surface area is 212 Å². The molecule has 3 unspecified atom stereocenters. The van der Waals surface area contributed by atoms with Gasteiger partial charge in [0.05, 0.1) is 25.4 Å². The smallest absolute Gasteiger partial charge is 0.390 e. The molecule has 0 saturated carbocycles. The van der Waals surface area contributed by atoms with Gasteiger partial charge in [-0.3, -0.25) is 9.32 Å². The molecule has 1 fully saturated rings. The average molecular weight is 609 g/mol. The highest BCUT2D eigenvalue weighted by Crippen LogP contribution is 2.66. The maximum atomic E-state index is 12.2. The number of aliphatic hydroxyl groups is 1. The van der Waals surface area contributed by atoms with E-state index >= 15 is 0 Å². The Morgan fingerprint density at radius 2 is 1.74 bits per heavy atom. The first-order valence-electron chi connectivity index (χ1n) is 10.1. The fourth-order valence-electron chi connectivity index (χ4n) is 2.86. The standard InChI is InChI=1S/C18H21F3NO13P3/c19-18(20,21)17(24)22-9-3-5-12-4-1-2-6-13(8-7-12)15-10-14(23)16(33-15)11-32-37(28,29)35-38(30,31)34-36(25,26)27/h1-2,4,6-8,14-16,23H,9-11H2,(H,22,24)(H,28,29)(H,30,31)(H2,25,26,27)/b2-1-,4-1?,6-2?,8-7-,12-4-,12-7?,13-6+,13-8?/t14?,15-,16-/m1/s1. The molecule has 14 nitrogen and oxygen atoms in total. The van der Waals surface area contributed by atoms with Crippen LogP contribution in [0.3, 0.4) is 0 Å². The van der Waals surface area contributed by atoms with Gasteiger partial charge in [-0.1, -0.05) is 36.1 Å². The summed E-state index contributed by atoms with van der Waals surface area (Å²) in [6.45, 7) is -1.39. The highest BCUT2D eigenvalue weighted by Gasteiger charge is 2.43. The van der Waals surface area contributed by atoms with Crippen LogP contribution < -0.4 is 5.32 Å². The van der Waals surface area contributed by atoms with Crippen molar-refractivity contribution in [1.29, 1.82) is 0 Å². The predicted molar refractivity (Wildman–Crippen MR) is 120 cm³/mol. The van der Waals surface area contributed by atoms with Gasteiger partial charge in [0.25, 0.3) is 0 Å². The van der Waals surface area contributed by atoms with E-state index < -0.39 is 67.0 Å². The molecule has 0 radical (unpaired) electrons. The lowest BCUT2D eigenvalue weighted by atomic mass is 10.0. The molecule has 212 valence electrons. The number of alkyl halides is 3. The van der Waals surface area contributed by atoms with Gasteiger partial charge in [-0.05, 0) is 17.7 Å². The van der Waals surface area contributed by atoms with Crippen LogP contribution in [0.5, 0.6) is 0 Å². The molecule has 1 heterocycles. The first kappa shape index (κ1) is 32.3. The molecule has 0 bridgehead atoms. The van der Waals surface area contributed by atoms with Crippen LogP contribution in [0.4, 0.5) is 13.2 Å². The maximum absolute atomic E-state index is 12.2. The molecule has 5 atom stereocenters. The number of rotatable bonds is 9. The normalized spacial score (nSPS) is 29.5. The van der Waals surface area contributed by atoms with Crippen LogP contribution in [0.1, 0.15) is 6.42 Å². The van der Waals surface area contributed by atoms with Gasteiger partial charge in [0, 0.05) is 12.0 Å². The van der Waals surface area contributed by atoms with Crippen molar-refractivity contribution in [3.05, 3.63) is 47.6 Å². The van der Waals surface area contributed by atoms with Gasteiger partial charge in [0.2, 0.25) is 0 Å². The van der Waals surface area contributed by atoms with Crippen LogP contribution in [-0.2, 0) is 36.4 Å². The van der Waals surface area contributed by atoms with E-state index in [9.17, 15) is 41.7 Å². The zero-order valence-electron chi connectivity index (χ0n) is 18.8. The second kappa shape index (κ2) is 13.0. The number of phosphoric ester groups is 1.